The second kappa shape index (κ2) is 7.03. The summed E-state index contributed by atoms with van der Waals surface area (Å²) >= 11 is 7.58. The van der Waals surface area contributed by atoms with Gasteiger partial charge >= 0.3 is 0 Å². The van der Waals surface area contributed by atoms with Gasteiger partial charge in [-0.25, -0.2) is 0 Å². The number of aromatic nitrogens is 2. The summed E-state index contributed by atoms with van der Waals surface area (Å²) in [5, 5.41) is 4.91. The van der Waals surface area contributed by atoms with E-state index in [9.17, 15) is 4.79 Å². The van der Waals surface area contributed by atoms with Crippen molar-refractivity contribution in [3.63, 3.8) is 0 Å². The lowest BCUT2D eigenvalue weighted by Crippen LogP contribution is -2.16. The van der Waals surface area contributed by atoms with Crippen molar-refractivity contribution in [3.8, 4) is 0 Å². The fourth-order valence-corrected chi connectivity index (χ4v) is 2.17. The van der Waals surface area contributed by atoms with Crippen LogP contribution in [0.5, 0.6) is 0 Å². The molecule has 6 heteroatoms. The van der Waals surface area contributed by atoms with Gasteiger partial charge in [-0.2, -0.15) is 16.9 Å². The molecule has 17 heavy (non-hydrogen) atoms. The second-order valence-corrected chi connectivity index (χ2v) is 5.81. The van der Waals surface area contributed by atoms with Crippen LogP contribution >= 0.6 is 23.4 Å². The van der Waals surface area contributed by atoms with Crippen LogP contribution in [0.1, 0.15) is 24.3 Å². The summed E-state index contributed by atoms with van der Waals surface area (Å²) in [6, 6.07) is 0. The van der Waals surface area contributed by atoms with Crippen LogP contribution in [0.25, 0.3) is 0 Å². The van der Waals surface area contributed by atoms with Gasteiger partial charge in [0, 0.05) is 7.11 Å². The van der Waals surface area contributed by atoms with Gasteiger partial charge in [0.2, 0.25) is 0 Å². The van der Waals surface area contributed by atoms with Crippen molar-refractivity contribution in [1.29, 1.82) is 0 Å². The summed E-state index contributed by atoms with van der Waals surface area (Å²) in [4.78, 5) is 12.0. The Bertz CT molecular complexity index is 380. The molecule has 0 aliphatic carbocycles. The van der Waals surface area contributed by atoms with Gasteiger partial charge in [-0.05, 0) is 5.25 Å². The maximum Gasteiger partial charge on any atom is 0.192 e. The van der Waals surface area contributed by atoms with Gasteiger partial charge in [0.15, 0.2) is 5.78 Å². The molecule has 1 aromatic rings. The number of rotatable bonds is 7. The van der Waals surface area contributed by atoms with Crippen molar-refractivity contribution >= 4 is 29.1 Å². The van der Waals surface area contributed by atoms with Crippen molar-refractivity contribution in [2.45, 2.75) is 25.6 Å². The molecule has 0 unspecified atom stereocenters. The minimum Gasteiger partial charge on any atom is -0.383 e. The fourth-order valence-electron chi connectivity index (χ4n) is 1.30. The highest BCUT2D eigenvalue weighted by Gasteiger charge is 2.17. The van der Waals surface area contributed by atoms with Crippen molar-refractivity contribution in [2.24, 2.45) is 0 Å². The van der Waals surface area contributed by atoms with Gasteiger partial charge in [0.1, 0.15) is 5.69 Å². The number of thioether (sulfide) groups is 1. The van der Waals surface area contributed by atoms with E-state index < -0.39 is 0 Å². The SMILES string of the molecule is COCCn1ncc(Cl)c1C(=O)CSC(C)C. The Balaban J connectivity index is 2.73. The molecule has 0 radical (unpaired) electrons. The molecule has 0 saturated carbocycles. The minimum atomic E-state index is 0.0160. The topological polar surface area (TPSA) is 44.1 Å². The normalized spacial score (nSPS) is 11.1. The largest absolute Gasteiger partial charge is 0.383 e. The first-order valence-corrected chi connectivity index (χ1v) is 6.84. The summed E-state index contributed by atoms with van der Waals surface area (Å²) < 4.78 is 6.57. The van der Waals surface area contributed by atoms with E-state index in [1.54, 1.807) is 23.6 Å². The van der Waals surface area contributed by atoms with Gasteiger partial charge in [0.05, 0.1) is 30.1 Å². The molecule has 0 amide bonds. The first-order chi connectivity index (χ1) is 8.06. The van der Waals surface area contributed by atoms with Gasteiger partial charge in [-0.3, -0.25) is 9.48 Å². The Hall–Kier alpha value is -0.520. The van der Waals surface area contributed by atoms with Gasteiger partial charge < -0.3 is 4.74 Å². The minimum absolute atomic E-state index is 0.0160. The van der Waals surface area contributed by atoms with Crippen molar-refractivity contribution in [2.75, 3.05) is 19.5 Å². The van der Waals surface area contributed by atoms with Crippen molar-refractivity contribution in [3.05, 3.63) is 16.9 Å². The van der Waals surface area contributed by atoms with Crippen LogP contribution in [0.15, 0.2) is 6.20 Å². The molecule has 1 rings (SSSR count). The molecule has 0 bridgehead atoms. The third kappa shape index (κ3) is 4.33. The molecule has 4 nitrogen and oxygen atoms in total. The van der Waals surface area contributed by atoms with Crippen LogP contribution < -0.4 is 0 Å². The zero-order valence-electron chi connectivity index (χ0n) is 10.3. The predicted octanol–water partition coefficient (Wildman–Crippen LogP) is 2.51. The van der Waals surface area contributed by atoms with Crippen LogP contribution in [-0.4, -0.2) is 40.3 Å². The first-order valence-electron chi connectivity index (χ1n) is 5.41. The number of ketones is 1. The number of methoxy groups -OCH3 is 1. The van der Waals surface area contributed by atoms with E-state index >= 15 is 0 Å². The number of halogens is 1. The molecular weight excluding hydrogens is 260 g/mol. The number of hydrogen-bond donors (Lipinski definition) is 0. The van der Waals surface area contributed by atoms with Gasteiger partial charge in [-0.15, -0.1) is 0 Å². The third-order valence-electron chi connectivity index (χ3n) is 2.11. The molecule has 0 atom stereocenters. The fraction of sp³-hybridized carbons (Fsp3) is 0.636. The Morgan fingerprint density at radius 3 is 2.94 bits per heavy atom. The molecule has 0 fully saturated rings. The van der Waals surface area contributed by atoms with E-state index in [4.69, 9.17) is 16.3 Å². The standard InChI is InChI=1S/C11H17ClN2O2S/c1-8(2)17-7-10(15)11-9(12)6-13-14(11)4-5-16-3/h6,8H,4-5,7H2,1-3H3. The smallest absolute Gasteiger partial charge is 0.192 e. The van der Waals surface area contributed by atoms with Gasteiger partial charge in [0.25, 0.3) is 0 Å². The highest BCUT2D eigenvalue weighted by atomic mass is 35.5. The Morgan fingerprint density at radius 1 is 1.65 bits per heavy atom. The predicted molar refractivity (Wildman–Crippen MR) is 71.0 cm³/mol. The summed E-state index contributed by atoms with van der Waals surface area (Å²) in [6.07, 6.45) is 1.50. The first kappa shape index (κ1) is 14.5. The second-order valence-electron chi connectivity index (χ2n) is 3.84. The number of carbonyl (C=O) groups is 1. The Morgan fingerprint density at radius 2 is 2.35 bits per heavy atom. The van der Waals surface area contributed by atoms with Crippen LogP contribution in [0.2, 0.25) is 5.02 Å². The highest BCUT2D eigenvalue weighted by Crippen LogP contribution is 2.19. The van der Waals surface area contributed by atoms with Crippen LogP contribution in [0, 0.1) is 0 Å². The lowest BCUT2D eigenvalue weighted by atomic mass is 10.3. The molecule has 0 aliphatic rings. The molecular formula is C11H17ClN2O2S. The zero-order chi connectivity index (χ0) is 12.8. The molecule has 0 spiro atoms. The number of hydrogen-bond acceptors (Lipinski definition) is 4. The monoisotopic (exact) mass is 276 g/mol. The molecule has 0 aromatic carbocycles. The maximum atomic E-state index is 12.0. The van der Waals surface area contributed by atoms with E-state index in [0.29, 0.717) is 34.9 Å². The van der Waals surface area contributed by atoms with Crippen molar-refractivity contribution in [1.82, 2.24) is 9.78 Å². The number of carbonyl (C=O) groups excluding carboxylic acids is 1. The molecule has 0 aliphatic heterocycles. The molecule has 0 saturated heterocycles. The number of nitrogens with zero attached hydrogens (tertiary/aromatic N) is 2. The van der Waals surface area contributed by atoms with E-state index in [-0.39, 0.29) is 5.78 Å². The lowest BCUT2D eigenvalue weighted by Gasteiger charge is -2.07. The average molecular weight is 277 g/mol. The third-order valence-corrected chi connectivity index (χ3v) is 3.49. The van der Waals surface area contributed by atoms with E-state index in [0.717, 1.165) is 0 Å². The molecule has 0 N–H and O–H groups in total. The molecule has 1 aromatic heterocycles. The average Bonchev–Trinajstić information content (AvgIpc) is 2.64. The quantitative estimate of drug-likeness (QED) is 0.718. The maximum absolute atomic E-state index is 12.0. The van der Waals surface area contributed by atoms with Crippen LogP contribution in [-0.2, 0) is 11.3 Å². The zero-order valence-corrected chi connectivity index (χ0v) is 11.8. The summed E-state index contributed by atoms with van der Waals surface area (Å²) in [6.45, 7) is 5.16. The lowest BCUT2D eigenvalue weighted by molar-refractivity contribution is 0.100. The van der Waals surface area contributed by atoms with E-state index in [1.807, 2.05) is 0 Å². The Labute approximate surface area is 111 Å². The number of ether oxygens (including phenoxy) is 1. The summed E-state index contributed by atoms with van der Waals surface area (Å²) in [7, 11) is 1.61. The molecule has 1 heterocycles. The van der Waals surface area contributed by atoms with Crippen LogP contribution in [0.3, 0.4) is 0 Å². The highest BCUT2D eigenvalue weighted by molar-refractivity contribution is 8.00. The number of Topliss-reactive ketones (excluding diaryl/α,β-unsaturated/α-hetero) is 1. The van der Waals surface area contributed by atoms with Crippen molar-refractivity contribution < 1.29 is 9.53 Å². The summed E-state index contributed by atoms with van der Waals surface area (Å²) in [5.74, 6) is 0.443. The van der Waals surface area contributed by atoms with E-state index in [2.05, 4.69) is 18.9 Å². The summed E-state index contributed by atoms with van der Waals surface area (Å²) in [5.41, 5.74) is 0.483. The van der Waals surface area contributed by atoms with Gasteiger partial charge in [-0.1, -0.05) is 25.4 Å². The molecule has 96 valence electrons. The van der Waals surface area contributed by atoms with Crippen LogP contribution in [0.4, 0.5) is 0 Å². The van der Waals surface area contributed by atoms with E-state index in [1.165, 1.54) is 6.20 Å². The Kier molecular flexibility index (Phi) is 6.02.